The second-order valence-electron chi connectivity index (χ2n) is 8.21. The average Bonchev–Trinajstić information content (AvgIpc) is 2.96. The Labute approximate surface area is 191 Å². The number of carbonyl (C=O) groups excluding carboxylic acids is 2. The van der Waals surface area contributed by atoms with Crippen molar-refractivity contribution in [2.75, 3.05) is 6.61 Å². The minimum atomic E-state index is -0.650. The Bertz CT molecular complexity index is 953. The number of primary amides is 1. The smallest absolute Gasteiger partial charge is 0.258 e. The molecule has 2 aromatic carbocycles. The van der Waals surface area contributed by atoms with E-state index >= 15 is 0 Å². The van der Waals surface area contributed by atoms with Crippen LogP contribution in [-0.4, -0.2) is 41.4 Å². The third-order valence-corrected chi connectivity index (χ3v) is 6.58. The summed E-state index contributed by atoms with van der Waals surface area (Å²) in [7, 11) is 0. The summed E-state index contributed by atoms with van der Waals surface area (Å²) in [6.07, 6.45) is 4.13. The summed E-state index contributed by atoms with van der Waals surface area (Å²) in [5, 5.41) is 4.22. The van der Waals surface area contributed by atoms with E-state index < -0.39 is 5.91 Å². The largest absolute Gasteiger partial charge is 0.483 e. The van der Waals surface area contributed by atoms with Crippen molar-refractivity contribution in [2.24, 2.45) is 5.73 Å². The molecule has 2 aliphatic heterocycles. The van der Waals surface area contributed by atoms with Crippen molar-refractivity contribution in [3.63, 3.8) is 0 Å². The maximum atomic E-state index is 12.5. The first-order valence-corrected chi connectivity index (χ1v) is 11.2. The summed E-state index contributed by atoms with van der Waals surface area (Å²) >= 11 is 11.9. The minimum absolute atomic E-state index is 0.121. The Morgan fingerprint density at radius 3 is 2.32 bits per heavy atom. The molecular formula is C23H25Cl2N3O3. The Balaban J connectivity index is 1.30. The van der Waals surface area contributed by atoms with Crippen LogP contribution in [0, 0.1) is 0 Å². The molecule has 2 heterocycles. The molecule has 0 saturated carbocycles. The third kappa shape index (κ3) is 5.32. The Kier molecular flexibility index (Phi) is 6.70. The van der Waals surface area contributed by atoms with Gasteiger partial charge in [-0.2, -0.15) is 0 Å². The van der Waals surface area contributed by atoms with E-state index in [0.29, 0.717) is 17.1 Å². The predicted octanol–water partition coefficient (Wildman–Crippen LogP) is 3.78. The fourth-order valence-electron chi connectivity index (χ4n) is 4.68. The lowest BCUT2D eigenvalue weighted by Gasteiger charge is -2.39. The van der Waals surface area contributed by atoms with Gasteiger partial charge in [-0.3, -0.25) is 14.5 Å². The fourth-order valence-corrected chi connectivity index (χ4v) is 4.98. The van der Waals surface area contributed by atoms with Gasteiger partial charge in [0, 0.05) is 34.7 Å². The van der Waals surface area contributed by atoms with Crippen molar-refractivity contribution in [1.29, 1.82) is 0 Å². The number of amides is 2. The van der Waals surface area contributed by atoms with Crippen molar-refractivity contribution in [3.05, 3.63) is 63.6 Å². The molecule has 31 heavy (non-hydrogen) atoms. The lowest BCUT2D eigenvalue weighted by atomic mass is 9.96. The Hall–Kier alpha value is -2.28. The van der Waals surface area contributed by atoms with Gasteiger partial charge in [-0.1, -0.05) is 35.3 Å². The van der Waals surface area contributed by atoms with Gasteiger partial charge in [-0.05, 0) is 61.6 Å². The summed E-state index contributed by atoms with van der Waals surface area (Å²) in [6.45, 7) is 0.727. The van der Waals surface area contributed by atoms with Gasteiger partial charge >= 0.3 is 0 Å². The van der Waals surface area contributed by atoms with E-state index in [1.165, 1.54) is 11.6 Å². The van der Waals surface area contributed by atoms with E-state index in [1.54, 1.807) is 12.1 Å². The molecule has 2 aliphatic rings. The minimum Gasteiger partial charge on any atom is -0.483 e. The van der Waals surface area contributed by atoms with Crippen molar-refractivity contribution in [3.8, 4) is 5.75 Å². The van der Waals surface area contributed by atoms with Crippen molar-refractivity contribution in [2.45, 2.75) is 50.4 Å². The number of benzene rings is 2. The molecule has 164 valence electrons. The van der Waals surface area contributed by atoms with Gasteiger partial charge < -0.3 is 15.8 Å². The summed E-state index contributed by atoms with van der Waals surface area (Å²) in [5.74, 6) is -0.603. The average molecular weight is 462 g/mol. The van der Waals surface area contributed by atoms with Gasteiger partial charge in [-0.15, -0.1) is 0 Å². The number of nitrogens with two attached hydrogens (primary N) is 1. The zero-order chi connectivity index (χ0) is 22.0. The molecule has 8 heteroatoms. The van der Waals surface area contributed by atoms with Gasteiger partial charge in [0.1, 0.15) is 5.75 Å². The second kappa shape index (κ2) is 9.47. The molecule has 0 unspecified atom stereocenters. The SMILES string of the molecule is NC(=O)c1cc(Cl)ccc1OCC(=O)N[C@H]1C[C@H]2CC[C@@H](C1)N2Cc1ccc(Cl)cc1. The molecule has 0 aliphatic carbocycles. The molecule has 2 saturated heterocycles. The van der Waals surface area contributed by atoms with Crippen LogP contribution in [0.3, 0.4) is 0 Å². The van der Waals surface area contributed by atoms with E-state index in [4.69, 9.17) is 33.7 Å². The standard InChI is InChI=1S/C23H25Cl2N3O3/c24-15-3-1-14(2-4-15)12-28-18-6-7-19(28)11-17(10-18)27-22(29)13-31-21-8-5-16(25)9-20(21)23(26)30/h1-5,8-9,17-19H,6-7,10-13H2,(H2,26,30)(H,27,29)/t17-,18+,19-. The highest BCUT2D eigenvalue weighted by Crippen LogP contribution is 2.37. The number of carbonyl (C=O) groups is 2. The Morgan fingerprint density at radius 2 is 1.68 bits per heavy atom. The monoisotopic (exact) mass is 461 g/mol. The topological polar surface area (TPSA) is 84.7 Å². The summed E-state index contributed by atoms with van der Waals surface area (Å²) in [6, 6.07) is 13.6. The van der Waals surface area contributed by atoms with E-state index in [1.807, 2.05) is 12.1 Å². The zero-order valence-corrected chi connectivity index (χ0v) is 18.5. The number of hydrogen-bond acceptors (Lipinski definition) is 4. The molecule has 0 radical (unpaired) electrons. The molecule has 2 amide bonds. The van der Waals surface area contributed by atoms with Gasteiger partial charge in [-0.25, -0.2) is 0 Å². The molecule has 3 N–H and O–H groups in total. The van der Waals surface area contributed by atoms with Gasteiger partial charge in [0.15, 0.2) is 6.61 Å². The second-order valence-corrected chi connectivity index (χ2v) is 9.09. The number of fused-ring (bicyclic) bond motifs is 2. The van der Waals surface area contributed by atoms with Gasteiger partial charge in [0.2, 0.25) is 0 Å². The highest BCUT2D eigenvalue weighted by atomic mass is 35.5. The molecule has 2 aromatic rings. The van der Waals surface area contributed by atoms with Gasteiger partial charge in [0.25, 0.3) is 11.8 Å². The number of hydrogen-bond donors (Lipinski definition) is 2. The molecule has 2 fully saturated rings. The van der Waals surface area contributed by atoms with Crippen LogP contribution < -0.4 is 15.8 Å². The van der Waals surface area contributed by atoms with Crippen LogP contribution in [-0.2, 0) is 11.3 Å². The predicted molar refractivity (Wildman–Crippen MR) is 120 cm³/mol. The first kappa shape index (κ1) is 21.9. The van der Waals surface area contributed by atoms with Crippen LogP contribution >= 0.6 is 23.2 Å². The highest BCUT2D eigenvalue weighted by molar-refractivity contribution is 6.31. The first-order valence-electron chi connectivity index (χ1n) is 10.4. The molecular weight excluding hydrogens is 437 g/mol. The summed E-state index contributed by atoms with van der Waals surface area (Å²) < 4.78 is 5.54. The van der Waals surface area contributed by atoms with Crippen molar-refractivity contribution >= 4 is 35.0 Å². The third-order valence-electron chi connectivity index (χ3n) is 6.09. The number of ether oxygens (including phenoxy) is 1. The van der Waals surface area contributed by atoms with Crippen LogP contribution in [0.4, 0.5) is 0 Å². The van der Waals surface area contributed by atoms with Crippen molar-refractivity contribution < 1.29 is 14.3 Å². The molecule has 0 aromatic heterocycles. The number of piperidine rings is 1. The maximum Gasteiger partial charge on any atom is 0.258 e. The molecule has 6 nitrogen and oxygen atoms in total. The van der Waals surface area contributed by atoms with E-state index in [9.17, 15) is 9.59 Å². The van der Waals surface area contributed by atoms with Crippen LogP contribution in [0.15, 0.2) is 42.5 Å². The number of halogens is 2. The van der Waals surface area contributed by atoms with E-state index in [2.05, 4.69) is 22.3 Å². The molecule has 3 atom stereocenters. The summed E-state index contributed by atoms with van der Waals surface area (Å²) in [5.41, 5.74) is 6.78. The van der Waals surface area contributed by atoms with Crippen LogP contribution in [0.25, 0.3) is 0 Å². The first-order chi connectivity index (χ1) is 14.9. The number of nitrogens with zero attached hydrogens (tertiary/aromatic N) is 1. The zero-order valence-electron chi connectivity index (χ0n) is 17.0. The van der Waals surface area contributed by atoms with E-state index in [0.717, 1.165) is 37.3 Å². The Morgan fingerprint density at radius 1 is 1.03 bits per heavy atom. The number of nitrogens with one attached hydrogen (secondary N) is 1. The normalized spacial score (nSPS) is 22.8. The highest BCUT2D eigenvalue weighted by Gasteiger charge is 2.40. The lowest BCUT2D eigenvalue weighted by molar-refractivity contribution is -0.124. The summed E-state index contributed by atoms with van der Waals surface area (Å²) in [4.78, 5) is 26.6. The molecule has 0 spiro atoms. The van der Waals surface area contributed by atoms with Crippen LogP contribution in [0.1, 0.15) is 41.6 Å². The van der Waals surface area contributed by atoms with Crippen LogP contribution in [0.5, 0.6) is 5.75 Å². The van der Waals surface area contributed by atoms with E-state index in [-0.39, 0.29) is 29.9 Å². The quantitative estimate of drug-likeness (QED) is 0.656. The fraction of sp³-hybridized carbons (Fsp3) is 0.391. The molecule has 2 bridgehead atoms. The van der Waals surface area contributed by atoms with Crippen molar-refractivity contribution in [1.82, 2.24) is 10.2 Å². The number of rotatable bonds is 7. The van der Waals surface area contributed by atoms with Gasteiger partial charge in [0.05, 0.1) is 5.56 Å². The van der Waals surface area contributed by atoms with Crippen LogP contribution in [0.2, 0.25) is 10.0 Å². The maximum absolute atomic E-state index is 12.5. The lowest BCUT2D eigenvalue weighted by Crippen LogP contribution is -2.50. The molecule has 4 rings (SSSR count).